The molecule has 3 amide bonds. The van der Waals surface area contributed by atoms with Crippen LogP contribution in [0.3, 0.4) is 0 Å². The summed E-state index contributed by atoms with van der Waals surface area (Å²) in [6.07, 6.45) is 1.25. The monoisotopic (exact) mass is 541 g/mol. The SMILES string of the molecule is CC(C)(C)OC(=O)N(CCCc1ccccc1)C(=O)N[C@@H](CCc1ccccc1)C(=O)c1nc2ccccc2o1. The van der Waals surface area contributed by atoms with Crippen molar-refractivity contribution in [2.24, 2.45) is 0 Å². The van der Waals surface area contributed by atoms with Gasteiger partial charge in [0.25, 0.3) is 5.89 Å². The summed E-state index contributed by atoms with van der Waals surface area (Å²) in [6.45, 7) is 5.34. The van der Waals surface area contributed by atoms with Gasteiger partial charge in [-0.25, -0.2) is 19.5 Å². The summed E-state index contributed by atoms with van der Waals surface area (Å²) in [5.41, 5.74) is 2.35. The summed E-state index contributed by atoms with van der Waals surface area (Å²) in [4.78, 5) is 45.6. The van der Waals surface area contributed by atoms with E-state index >= 15 is 0 Å². The van der Waals surface area contributed by atoms with Crippen LogP contribution in [0.25, 0.3) is 11.1 Å². The highest BCUT2D eigenvalue weighted by atomic mass is 16.6. The minimum absolute atomic E-state index is 0.0903. The predicted octanol–water partition coefficient (Wildman–Crippen LogP) is 6.59. The van der Waals surface area contributed by atoms with Crippen LogP contribution >= 0.6 is 0 Å². The van der Waals surface area contributed by atoms with Crippen LogP contribution in [0.5, 0.6) is 0 Å². The lowest BCUT2D eigenvalue weighted by atomic mass is 10.0. The molecule has 1 heterocycles. The van der Waals surface area contributed by atoms with Gasteiger partial charge in [-0.15, -0.1) is 0 Å². The zero-order valence-corrected chi connectivity index (χ0v) is 23.1. The van der Waals surface area contributed by atoms with E-state index in [2.05, 4.69) is 10.3 Å². The van der Waals surface area contributed by atoms with Crippen molar-refractivity contribution in [3.8, 4) is 0 Å². The number of ketones is 1. The van der Waals surface area contributed by atoms with E-state index in [1.165, 1.54) is 0 Å². The van der Waals surface area contributed by atoms with Crippen molar-refractivity contribution < 1.29 is 23.5 Å². The summed E-state index contributed by atoms with van der Waals surface area (Å²) < 4.78 is 11.2. The minimum atomic E-state index is -0.972. The Bertz CT molecular complexity index is 1390. The van der Waals surface area contributed by atoms with E-state index in [0.29, 0.717) is 36.8 Å². The van der Waals surface area contributed by atoms with Crippen molar-refractivity contribution in [1.82, 2.24) is 15.2 Å². The van der Waals surface area contributed by atoms with Crippen molar-refractivity contribution in [2.45, 2.75) is 58.1 Å². The van der Waals surface area contributed by atoms with Gasteiger partial charge in [0.2, 0.25) is 5.78 Å². The molecule has 8 heteroatoms. The second-order valence-electron chi connectivity index (χ2n) is 10.6. The van der Waals surface area contributed by atoms with Crippen molar-refractivity contribution in [3.63, 3.8) is 0 Å². The molecule has 40 heavy (non-hydrogen) atoms. The average molecular weight is 542 g/mol. The highest BCUT2D eigenvalue weighted by Crippen LogP contribution is 2.18. The Morgan fingerprint density at radius 2 is 1.48 bits per heavy atom. The van der Waals surface area contributed by atoms with Crippen LogP contribution in [0, 0.1) is 0 Å². The molecule has 0 aliphatic rings. The number of nitrogens with one attached hydrogen (secondary N) is 1. The molecule has 3 aromatic carbocycles. The fourth-order valence-electron chi connectivity index (χ4n) is 4.26. The van der Waals surface area contributed by atoms with Crippen LogP contribution in [-0.2, 0) is 17.6 Å². The third-order valence-corrected chi connectivity index (χ3v) is 6.23. The molecule has 0 unspecified atom stereocenters. The van der Waals surface area contributed by atoms with Gasteiger partial charge >= 0.3 is 12.1 Å². The van der Waals surface area contributed by atoms with E-state index in [9.17, 15) is 14.4 Å². The first-order valence-electron chi connectivity index (χ1n) is 13.5. The second kappa shape index (κ2) is 13.1. The molecule has 0 aliphatic heterocycles. The van der Waals surface area contributed by atoms with Gasteiger partial charge in [-0.2, -0.15) is 0 Å². The van der Waals surface area contributed by atoms with Gasteiger partial charge in [-0.1, -0.05) is 72.8 Å². The number of carbonyl (C=O) groups excluding carboxylic acids is 3. The number of carbonyl (C=O) groups is 3. The van der Waals surface area contributed by atoms with Crippen LogP contribution in [0.15, 0.2) is 89.3 Å². The van der Waals surface area contributed by atoms with E-state index in [4.69, 9.17) is 9.15 Å². The summed E-state index contributed by atoms with van der Waals surface area (Å²) in [5.74, 6) is -0.554. The van der Waals surface area contributed by atoms with Gasteiger partial charge in [0.15, 0.2) is 5.58 Å². The predicted molar refractivity (Wildman–Crippen MR) is 153 cm³/mol. The summed E-state index contributed by atoms with van der Waals surface area (Å²) in [5, 5.41) is 2.78. The minimum Gasteiger partial charge on any atom is -0.443 e. The molecule has 0 aliphatic carbocycles. The molecule has 1 aromatic heterocycles. The molecular weight excluding hydrogens is 506 g/mol. The Labute approximate surface area is 234 Å². The highest BCUT2D eigenvalue weighted by molar-refractivity contribution is 6.01. The topological polar surface area (TPSA) is 102 Å². The Balaban J connectivity index is 1.54. The van der Waals surface area contributed by atoms with E-state index in [0.717, 1.165) is 16.0 Å². The van der Waals surface area contributed by atoms with Gasteiger partial charge in [-0.3, -0.25) is 4.79 Å². The number of amides is 3. The fourth-order valence-corrected chi connectivity index (χ4v) is 4.26. The Morgan fingerprint density at radius 3 is 2.10 bits per heavy atom. The number of hydrogen-bond acceptors (Lipinski definition) is 6. The van der Waals surface area contributed by atoms with Crippen LogP contribution in [-0.4, -0.2) is 46.0 Å². The molecular formula is C32H35N3O5. The van der Waals surface area contributed by atoms with E-state index in [-0.39, 0.29) is 12.4 Å². The number of urea groups is 1. The fraction of sp³-hybridized carbons (Fsp3) is 0.312. The maximum atomic E-state index is 13.6. The standard InChI is InChI=1S/C32H35N3O5/c1-32(2,3)40-31(38)35(22-12-17-23-13-6-4-7-14-23)30(37)34-26(21-20-24-15-8-5-9-16-24)28(36)29-33-25-18-10-11-19-27(25)39-29/h4-11,13-16,18-19,26H,12,17,20-22H2,1-3H3,(H,34,37)/t26-/m0/s1. The van der Waals surface area contributed by atoms with Crippen LogP contribution in [0.4, 0.5) is 9.59 Å². The lowest BCUT2D eigenvalue weighted by molar-refractivity contribution is 0.0315. The van der Waals surface area contributed by atoms with E-state index in [1.54, 1.807) is 39.0 Å². The number of Topliss-reactive ketones (excluding diaryl/α,β-unsaturated/α-hetero) is 1. The van der Waals surface area contributed by atoms with E-state index < -0.39 is 29.6 Å². The smallest absolute Gasteiger partial charge is 0.418 e. The van der Waals surface area contributed by atoms with Crippen molar-refractivity contribution in [3.05, 3.63) is 102 Å². The van der Waals surface area contributed by atoms with Gasteiger partial charge in [0.05, 0.1) is 6.04 Å². The number of benzene rings is 3. The number of hydrogen-bond donors (Lipinski definition) is 1. The molecule has 0 bridgehead atoms. The largest absolute Gasteiger partial charge is 0.443 e. The number of nitrogens with zero attached hydrogens (tertiary/aromatic N) is 2. The molecule has 4 aromatic rings. The highest BCUT2D eigenvalue weighted by Gasteiger charge is 2.32. The normalized spacial score (nSPS) is 12.1. The first-order valence-corrected chi connectivity index (χ1v) is 13.5. The number of imide groups is 1. The van der Waals surface area contributed by atoms with Crippen LogP contribution < -0.4 is 5.32 Å². The molecule has 0 saturated carbocycles. The molecule has 1 atom stereocenters. The van der Waals surface area contributed by atoms with Crippen molar-refractivity contribution in [2.75, 3.05) is 6.54 Å². The lowest BCUT2D eigenvalue weighted by Gasteiger charge is -2.27. The molecule has 0 fully saturated rings. The van der Waals surface area contributed by atoms with Gasteiger partial charge in [0, 0.05) is 6.54 Å². The number of para-hydroxylation sites is 2. The number of aromatic nitrogens is 1. The Morgan fingerprint density at radius 1 is 0.875 bits per heavy atom. The summed E-state index contributed by atoms with van der Waals surface area (Å²) in [6, 6.07) is 24.9. The number of ether oxygens (including phenoxy) is 1. The third kappa shape index (κ3) is 8.02. The van der Waals surface area contributed by atoms with E-state index in [1.807, 2.05) is 66.7 Å². The molecule has 0 radical (unpaired) electrons. The molecule has 0 saturated heterocycles. The number of oxazole rings is 1. The number of rotatable bonds is 10. The molecule has 1 N–H and O–H groups in total. The van der Waals surface area contributed by atoms with Crippen LogP contribution in [0.1, 0.15) is 55.4 Å². The van der Waals surface area contributed by atoms with Crippen LogP contribution in [0.2, 0.25) is 0 Å². The first kappa shape index (κ1) is 28.5. The average Bonchev–Trinajstić information content (AvgIpc) is 3.37. The third-order valence-electron chi connectivity index (χ3n) is 6.23. The quantitative estimate of drug-likeness (QED) is 0.227. The Hall–Kier alpha value is -4.46. The van der Waals surface area contributed by atoms with Crippen molar-refractivity contribution >= 4 is 29.0 Å². The van der Waals surface area contributed by atoms with Gasteiger partial charge in [0.1, 0.15) is 11.1 Å². The molecule has 8 nitrogen and oxygen atoms in total. The van der Waals surface area contributed by atoms with Crippen molar-refractivity contribution in [1.29, 1.82) is 0 Å². The zero-order valence-electron chi connectivity index (χ0n) is 23.1. The molecule has 4 rings (SSSR count). The number of aryl methyl sites for hydroxylation is 2. The summed E-state index contributed by atoms with van der Waals surface area (Å²) >= 11 is 0. The molecule has 208 valence electrons. The number of fused-ring (bicyclic) bond motifs is 1. The van der Waals surface area contributed by atoms with Gasteiger partial charge in [-0.05, 0) is 69.7 Å². The zero-order chi connectivity index (χ0) is 28.5. The second-order valence-corrected chi connectivity index (χ2v) is 10.6. The molecule has 0 spiro atoms. The maximum Gasteiger partial charge on any atom is 0.418 e. The summed E-state index contributed by atoms with van der Waals surface area (Å²) in [7, 11) is 0. The maximum absolute atomic E-state index is 13.6. The van der Waals surface area contributed by atoms with Gasteiger partial charge < -0.3 is 14.5 Å². The first-order chi connectivity index (χ1) is 19.2. The Kier molecular flexibility index (Phi) is 9.32. The lowest BCUT2D eigenvalue weighted by Crippen LogP contribution is -2.51.